The first-order valence-electron chi connectivity index (χ1n) is 11.1. The number of rotatable bonds is 5. The molecular weight excluding hydrogens is 433 g/mol. The summed E-state index contributed by atoms with van der Waals surface area (Å²) < 4.78 is 40.8. The standard InChI is InChI=1S/C25H25F3N2O3/c1-25(13-16-11-19(27)20(28)12-18(16)26)22(31)21(24(33)30-25)23(32)29-17-9-7-15(8-10-17)14-5-3-2-4-6-14/h7-12,14,21H,2-6,13H2,1H3,(H,29,32)(H,30,33). The number of amides is 2. The van der Waals surface area contributed by atoms with Crippen LogP contribution in [0.4, 0.5) is 18.9 Å². The molecule has 1 heterocycles. The Balaban J connectivity index is 1.45. The van der Waals surface area contributed by atoms with Crippen LogP contribution in [0.15, 0.2) is 36.4 Å². The predicted octanol–water partition coefficient (Wildman–Crippen LogP) is 4.41. The zero-order valence-corrected chi connectivity index (χ0v) is 18.2. The van der Waals surface area contributed by atoms with Gasteiger partial charge in [-0.2, -0.15) is 0 Å². The lowest BCUT2D eigenvalue weighted by atomic mass is 9.84. The molecular formula is C25H25F3N2O3. The Morgan fingerprint density at radius 3 is 2.30 bits per heavy atom. The van der Waals surface area contributed by atoms with E-state index in [2.05, 4.69) is 10.6 Å². The summed E-state index contributed by atoms with van der Waals surface area (Å²) in [7, 11) is 0. The van der Waals surface area contributed by atoms with Crippen molar-refractivity contribution in [3.63, 3.8) is 0 Å². The molecule has 0 bridgehead atoms. The second kappa shape index (κ2) is 9.00. The average molecular weight is 458 g/mol. The highest BCUT2D eigenvalue weighted by atomic mass is 19.2. The van der Waals surface area contributed by atoms with Gasteiger partial charge in [-0.15, -0.1) is 0 Å². The van der Waals surface area contributed by atoms with Gasteiger partial charge < -0.3 is 10.6 Å². The maximum atomic E-state index is 14.1. The molecule has 2 aliphatic rings. The first-order valence-corrected chi connectivity index (χ1v) is 11.1. The largest absolute Gasteiger partial charge is 0.342 e. The van der Waals surface area contributed by atoms with Gasteiger partial charge in [-0.1, -0.05) is 31.4 Å². The number of hydrogen-bond donors (Lipinski definition) is 2. The smallest absolute Gasteiger partial charge is 0.244 e. The Hall–Kier alpha value is -3.16. The van der Waals surface area contributed by atoms with E-state index in [4.69, 9.17) is 0 Å². The van der Waals surface area contributed by atoms with Crippen molar-refractivity contribution in [1.29, 1.82) is 0 Å². The second-order valence-corrected chi connectivity index (χ2v) is 9.10. The molecule has 2 atom stereocenters. The fourth-order valence-corrected chi connectivity index (χ4v) is 4.78. The summed E-state index contributed by atoms with van der Waals surface area (Å²) in [4.78, 5) is 38.2. The number of nitrogens with one attached hydrogen (secondary N) is 2. The molecule has 4 rings (SSSR count). The van der Waals surface area contributed by atoms with Crippen molar-refractivity contribution >= 4 is 23.3 Å². The van der Waals surface area contributed by atoms with Gasteiger partial charge in [0.25, 0.3) is 0 Å². The number of Topliss-reactive ketones (excluding diaryl/α,β-unsaturated/α-hetero) is 1. The quantitative estimate of drug-likeness (QED) is 0.515. The van der Waals surface area contributed by atoms with Crippen LogP contribution in [-0.4, -0.2) is 23.1 Å². The predicted molar refractivity (Wildman–Crippen MR) is 116 cm³/mol. The molecule has 2 fully saturated rings. The molecule has 2 N–H and O–H groups in total. The number of ketones is 1. The maximum Gasteiger partial charge on any atom is 0.244 e. The summed E-state index contributed by atoms with van der Waals surface area (Å²) in [6.45, 7) is 1.33. The van der Waals surface area contributed by atoms with Crippen LogP contribution < -0.4 is 10.6 Å². The van der Waals surface area contributed by atoms with Gasteiger partial charge in [-0.3, -0.25) is 14.4 Å². The monoisotopic (exact) mass is 458 g/mol. The van der Waals surface area contributed by atoms with Crippen molar-refractivity contribution in [2.45, 2.75) is 56.9 Å². The van der Waals surface area contributed by atoms with E-state index in [1.807, 2.05) is 12.1 Å². The Morgan fingerprint density at radius 2 is 1.64 bits per heavy atom. The molecule has 1 aliphatic carbocycles. The zero-order chi connectivity index (χ0) is 23.8. The van der Waals surface area contributed by atoms with Gasteiger partial charge in [0.05, 0.1) is 0 Å². The maximum absolute atomic E-state index is 14.1. The SMILES string of the molecule is CC1(Cc2cc(F)c(F)cc2F)NC(=O)C(C(=O)Nc2ccc(C3CCCCC3)cc2)C1=O. The van der Waals surface area contributed by atoms with Crippen molar-refractivity contribution in [2.75, 3.05) is 5.32 Å². The topological polar surface area (TPSA) is 75.3 Å². The molecule has 2 unspecified atom stereocenters. The number of carbonyl (C=O) groups is 3. The molecule has 2 aromatic carbocycles. The number of hydrogen-bond acceptors (Lipinski definition) is 3. The molecule has 0 aromatic heterocycles. The highest BCUT2D eigenvalue weighted by Gasteiger charge is 2.53. The zero-order valence-electron chi connectivity index (χ0n) is 18.2. The minimum Gasteiger partial charge on any atom is -0.342 e. The molecule has 1 saturated carbocycles. The molecule has 5 nitrogen and oxygen atoms in total. The summed E-state index contributed by atoms with van der Waals surface area (Å²) >= 11 is 0. The summed E-state index contributed by atoms with van der Waals surface area (Å²) in [6, 6.07) is 8.41. The molecule has 0 radical (unpaired) electrons. The summed E-state index contributed by atoms with van der Waals surface area (Å²) in [5.41, 5.74) is -0.247. The Kier molecular flexibility index (Phi) is 6.28. The van der Waals surface area contributed by atoms with Crippen molar-refractivity contribution < 1.29 is 27.6 Å². The second-order valence-electron chi connectivity index (χ2n) is 9.10. The third kappa shape index (κ3) is 4.65. The number of benzene rings is 2. The van der Waals surface area contributed by atoms with E-state index in [0.717, 1.165) is 12.8 Å². The number of halogens is 3. The van der Waals surface area contributed by atoms with Crippen molar-refractivity contribution in [2.24, 2.45) is 5.92 Å². The lowest BCUT2D eigenvalue weighted by Crippen LogP contribution is -2.46. The van der Waals surface area contributed by atoms with Crippen LogP contribution in [0.5, 0.6) is 0 Å². The van der Waals surface area contributed by atoms with Crippen LogP contribution in [0.25, 0.3) is 0 Å². The molecule has 8 heteroatoms. The molecule has 33 heavy (non-hydrogen) atoms. The van der Waals surface area contributed by atoms with Crippen LogP contribution in [0, 0.1) is 23.4 Å². The van der Waals surface area contributed by atoms with Crippen LogP contribution in [-0.2, 0) is 20.8 Å². The molecule has 0 spiro atoms. The first kappa shape index (κ1) is 23.0. The lowest BCUT2D eigenvalue weighted by Gasteiger charge is -2.23. The third-order valence-corrected chi connectivity index (χ3v) is 6.62. The highest BCUT2D eigenvalue weighted by molar-refractivity contribution is 6.27. The summed E-state index contributed by atoms with van der Waals surface area (Å²) in [5, 5.41) is 5.03. The van der Waals surface area contributed by atoms with Gasteiger partial charge in [0.2, 0.25) is 11.8 Å². The minimum absolute atomic E-state index is 0.274. The highest BCUT2D eigenvalue weighted by Crippen LogP contribution is 2.33. The Bertz CT molecular complexity index is 1100. The minimum atomic E-state index is -1.63. The van der Waals surface area contributed by atoms with E-state index in [0.29, 0.717) is 23.7 Å². The number of anilines is 1. The van der Waals surface area contributed by atoms with E-state index >= 15 is 0 Å². The van der Waals surface area contributed by atoms with Crippen molar-refractivity contribution in [3.05, 3.63) is 65.0 Å². The van der Waals surface area contributed by atoms with Gasteiger partial charge >= 0.3 is 0 Å². The van der Waals surface area contributed by atoms with E-state index in [1.54, 1.807) is 12.1 Å². The molecule has 174 valence electrons. The van der Waals surface area contributed by atoms with Crippen LogP contribution in [0.3, 0.4) is 0 Å². The van der Waals surface area contributed by atoms with Gasteiger partial charge in [0.1, 0.15) is 11.4 Å². The molecule has 2 amide bonds. The fraction of sp³-hybridized carbons (Fsp3) is 0.400. The van der Waals surface area contributed by atoms with Crippen LogP contribution >= 0.6 is 0 Å². The Labute approximate surface area is 189 Å². The van der Waals surface area contributed by atoms with E-state index in [-0.39, 0.29) is 5.56 Å². The van der Waals surface area contributed by atoms with Crippen LogP contribution in [0.2, 0.25) is 0 Å². The summed E-state index contributed by atoms with van der Waals surface area (Å²) in [6.07, 6.45) is 5.52. The van der Waals surface area contributed by atoms with Gasteiger partial charge in [-0.05, 0) is 55.0 Å². The molecule has 1 aliphatic heterocycles. The normalized spacial score (nSPS) is 23.5. The lowest BCUT2D eigenvalue weighted by molar-refractivity contribution is -0.135. The van der Waals surface area contributed by atoms with E-state index < -0.39 is 52.9 Å². The van der Waals surface area contributed by atoms with E-state index in [1.165, 1.54) is 31.7 Å². The average Bonchev–Trinajstić information content (AvgIpc) is 3.01. The number of carbonyl (C=O) groups excluding carboxylic acids is 3. The molecule has 1 saturated heterocycles. The van der Waals surface area contributed by atoms with Crippen molar-refractivity contribution in [3.8, 4) is 0 Å². The first-order chi connectivity index (χ1) is 15.7. The van der Waals surface area contributed by atoms with Crippen molar-refractivity contribution in [1.82, 2.24) is 5.32 Å². The van der Waals surface area contributed by atoms with Gasteiger partial charge in [0, 0.05) is 18.2 Å². The summed E-state index contributed by atoms with van der Waals surface area (Å²) in [5.74, 6) is -7.15. The van der Waals surface area contributed by atoms with E-state index in [9.17, 15) is 27.6 Å². The fourth-order valence-electron chi connectivity index (χ4n) is 4.78. The van der Waals surface area contributed by atoms with Gasteiger partial charge in [0.15, 0.2) is 23.3 Å². The van der Waals surface area contributed by atoms with Gasteiger partial charge in [-0.25, -0.2) is 13.2 Å². The third-order valence-electron chi connectivity index (χ3n) is 6.62. The molecule has 2 aromatic rings. The Morgan fingerprint density at radius 1 is 1.00 bits per heavy atom. The van der Waals surface area contributed by atoms with Crippen LogP contribution in [0.1, 0.15) is 56.1 Å².